The van der Waals surface area contributed by atoms with Gasteiger partial charge < -0.3 is 14.8 Å². The fourth-order valence-corrected chi connectivity index (χ4v) is 2.60. The maximum atomic E-state index is 5.50. The summed E-state index contributed by atoms with van der Waals surface area (Å²) >= 11 is 0. The van der Waals surface area contributed by atoms with Gasteiger partial charge in [-0.15, -0.1) is 0 Å². The van der Waals surface area contributed by atoms with Gasteiger partial charge in [-0.3, -0.25) is 0 Å². The van der Waals surface area contributed by atoms with Crippen molar-refractivity contribution < 1.29 is 9.47 Å². The molecule has 102 valence electrons. The number of methoxy groups -OCH3 is 1. The predicted octanol–water partition coefficient (Wildman–Crippen LogP) is 2.46. The fraction of sp³-hybridized carbons (Fsp3) is 1.00. The average Bonchev–Trinajstić information content (AvgIpc) is 2.33. The van der Waals surface area contributed by atoms with Gasteiger partial charge in [0.15, 0.2) is 0 Å². The maximum absolute atomic E-state index is 5.50. The summed E-state index contributed by atoms with van der Waals surface area (Å²) in [6, 6.07) is 0. The van der Waals surface area contributed by atoms with Gasteiger partial charge in [0.2, 0.25) is 0 Å². The first-order valence-electron chi connectivity index (χ1n) is 7.10. The Bertz CT molecular complexity index is 176. The summed E-state index contributed by atoms with van der Waals surface area (Å²) in [5.74, 6) is 1.83. The summed E-state index contributed by atoms with van der Waals surface area (Å²) < 4.78 is 10.5. The van der Waals surface area contributed by atoms with Gasteiger partial charge in [-0.25, -0.2) is 0 Å². The number of nitrogens with one attached hydrogen (secondary N) is 1. The number of ether oxygens (including phenoxy) is 2. The first-order valence-corrected chi connectivity index (χ1v) is 7.10. The monoisotopic (exact) mass is 243 g/mol. The number of rotatable bonds is 9. The van der Waals surface area contributed by atoms with Crippen LogP contribution in [-0.4, -0.2) is 40.0 Å². The van der Waals surface area contributed by atoms with Gasteiger partial charge in [0, 0.05) is 26.9 Å². The third-order valence-electron chi connectivity index (χ3n) is 3.54. The van der Waals surface area contributed by atoms with Crippen molar-refractivity contribution in [2.75, 3.05) is 40.0 Å². The molecule has 0 amide bonds. The lowest BCUT2D eigenvalue weighted by atomic mass is 9.82. The number of hydrogen-bond donors (Lipinski definition) is 1. The highest BCUT2D eigenvalue weighted by molar-refractivity contribution is 4.72. The summed E-state index contributed by atoms with van der Waals surface area (Å²) in [6.07, 6.45) is 6.66. The minimum Gasteiger partial charge on any atom is -0.385 e. The molecule has 0 bridgehead atoms. The maximum Gasteiger partial charge on any atom is 0.0590 e. The van der Waals surface area contributed by atoms with Gasteiger partial charge >= 0.3 is 0 Å². The molecule has 2 atom stereocenters. The van der Waals surface area contributed by atoms with E-state index in [1.54, 1.807) is 7.11 Å². The van der Waals surface area contributed by atoms with Gasteiger partial charge in [-0.2, -0.15) is 0 Å². The second kappa shape index (κ2) is 9.86. The van der Waals surface area contributed by atoms with E-state index in [0.29, 0.717) is 0 Å². The van der Waals surface area contributed by atoms with Crippen LogP contribution in [0.15, 0.2) is 0 Å². The Labute approximate surface area is 106 Å². The van der Waals surface area contributed by atoms with Gasteiger partial charge in [0.1, 0.15) is 0 Å². The van der Waals surface area contributed by atoms with E-state index in [4.69, 9.17) is 9.47 Å². The second-order valence-electron chi connectivity index (χ2n) is 5.30. The molecule has 0 radical (unpaired) electrons. The largest absolute Gasteiger partial charge is 0.385 e. The number of hydrogen-bond acceptors (Lipinski definition) is 3. The molecule has 1 saturated carbocycles. The SMILES string of the molecule is COCCCOCCNCC1CCCC(C)C1. The van der Waals surface area contributed by atoms with Crippen molar-refractivity contribution in [1.29, 1.82) is 0 Å². The van der Waals surface area contributed by atoms with Crippen molar-refractivity contribution in [2.45, 2.75) is 39.0 Å². The lowest BCUT2D eigenvalue weighted by Gasteiger charge is -2.26. The highest BCUT2D eigenvalue weighted by atomic mass is 16.5. The highest BCUT2D eigenvalue weighted by Crippen LogP contribution is 2.27. The second-order valence-corrected chi connectivity index (χ2v) is 5.30. The van der Waals surface area contributed by atoms with Crippen LogP contribution in [0.2, 0.25) is 0 Å². The molecule has 0 aromatic rings. The smallest absolute Gasteiger partial charge is 0.0590 e. The Morgan fingerprint density at radius 1 is 1.18 bits per heavy atom. The summed E-state index contributed by atoms with van der Waals surface area (Å²) in [6.45, 7) is 6.98. The van der Waals surface area contributed by atoms with Crippen LogP contribution < -0.4 is 5.32 Å². The fourth-order valence-electron chi connectivity index (χ4n) is 2.60. The van der Waals surface area contributed by atoms with E-state index in [1.807, 2.05) is 0 Å². The molecule has 0 saturated heterocycles. The molecule has 1 N–H and O–H groups in total. The Morgan fingerprint density at radius 2 is 2.06 bits per heavy atom. The molecule has 0 heterocycles. The third kappa shape index (κ3) is 7.74. The van der Waals surface area contributed by atoms with E-state index in [-0.39, 0.29) is 0 Å². The Balaban J connectivity index is 1.83. The molecule has 3 heteroatoms. The van der Waals surface area contributed by atoms with Crippen molar-refractivity contribution in [3.63, 3.8) is 0 Å². The zero-order valence-electron chi connectivity index (χ0n) is 11.5. The van der Waals surface area contributed by atoms with Crippen LogP contribution in [0.4, 0.5) is 0 Å². The van der Waals surface area contributed by atoms with E-state index >= 15 is 0 Å². The van der Waals surface area contributed by atoms with Gasteiger partial charge in [-0.1, -0.05) is 19.8 Å². The molecular formula is C14H29NO2. The molecule has 17 heavy (non-hydrogen) atoms. The van der Waals surface area contributed by atoms with Gasteiger partial charge in [0.25, 0.3) is 0 Å². The Morgan fingerprint density at radius 3 is 2.82 bits per heavy atom. The van der Waals surface area contributed by atoms with E-state index in [1.165, 1.54) is 32.2 Å². The summed E-state index contributed by atoms with van der Waals surface area (Å²) in [5.41, 5.74) is 0. The first-order chi connectivity index (χ1) is 8.33. The molecule has 0 spiro atoms. The standard InChI is InChI=1S/C14H29NO2/c1-13-5-3-6-14(11-13)12-15-7-10-17-9-4-8-16-2/h13-15H,3-12H2,1-2H3. The van der Waals surface area contributed by atoms with Crippen LogP contribution in [0.1, 0.15) is 39.0 Å². The Kier molecular flexibility index (Phi) is 8.67. The molecule has 0 aromatic heterocycles. The van der Waals surface area contributed by atoms with Crippen molar-refractivity contribution in [3.05, 3.63) is 0 Å². The van der Waals surface area contributed by atoms with Crippen LogP contribution in [0.25, 0.3) is 0 Å². The Hall–Kier alpha value is -0.120. The lowest BCUT2D eigenvalue weighted by molar-refractivity contribution is 0.103. The van der Waals surface area contributed by atoms with Gasteiger partial charge in [0.05, 0.1) is 6.61 Å². The molecule has 1 aliphatic rings. The van der Waals surface area contributed by atoms with Crippen LogP contribution in [-0.2, 0) is 9.47 Å². The topological polar surface area (TPSA) is 30.5 Å². The summed E-state index contributed by atoms with van der Waals surface area (Å²) in [7, 11) is 1.73. The molecule has 1 fully saturated rings. The van der Waals surface area contributed by atoms with E-state index in [2.05, 4.69) is 12.2 Å². The van der Waals surface area contributed by atoms with Crippen molar-refractivity contribution in [2.24, 2.45) is 11.8 Å². The summed E-state index contributed by atoms with van der Waals surface area (Å²) in [5, 5.41) is 3.51. The van der Waals surface area contributed by atoms with Crippen molar-refractivity contribution >= 4 is 0 Å². The zero-order valence-corrected chi connectivity index (χ0v) is 11.5. The van der Waals surface area contributed by atoms with E-state index in [9.17, 15) is 0 Å². The van der Waals surface area contributed by atoms with Crippen LogP contribution in [0.5, 0.6) is 0 Å². The van der Waals surface area contributed by atoms with Crippen molar-refractivity contribution in [1.82, 2.24) is 5.32 Å². The molecule has 0 aromatic carbocycles. The normalized spacial score (nSPS) is 25.1. The van der Waals surface area contributed by atoms with Crippen LogP contribution >= 0.6 is 0 Å². The van der Waals surface area contributed by atoms with Crippen LogP contribution in [0.3, 0.4) is 0 Å². The third-order valence-corrected chi connectivity index (χ3v) is 3.54. The predicted molar refractivity (Wildman–Crippen MR) is 71.3 cm³/mol. The molecule has 2 unspecified atom stereocenters. The van der Waals surface area contributed by atoms with Gasteiger partial charge in [-0.05, 0) is 37.6 Å². The lowest BCUT2D eigenvalue weighted by Crippen LogP contribution is -2.29. The molecule has 3 nitrogen and oxygen atoms in total. The van der Waals surface area contributed by atoms with Crippen LogP contribution in [0, 0.1) is 11.8 Å². The minimum absolute atomic E-state index is 0.799. The zero-order chi connectivity index (χ0) is 12.3. The highest BCUT2D eigenvalue weighted by Gasteiger charge is 2.17. The molecule has 1 rings (SSSR count). The minimum atomic E-state index is 0.799. The average molecular weight is 243 g/mol. The molecule has 1 aliphatic carbocycles. The van der Waals surface area contributed by atoms with E-state index < -0.39 is 0 Å². The summed E-state index contributed by atoms with van der Waals surface area (Å²) in [4.78, 5) is 0. The quantitative estimate of drug-likeness (QED) is 0.631. The van der Waals surface area contributed by atoms with Crippen molar-refractivity contribution in [3.8, 4) is 0 Å². The molecular weight excluding hydrogens is 214 g/mol. The first kappa shape index (κ1) is 14.9. The van der Waals surface area contributed by atoms with E-state index in [0.717, 1.165) is 44.6 Å². The molecule has 0 aliphatic heterocycles.